The van der Waals surface area contributed by atoms with E-state index in [0.29, 0.717) is 19.2 Å². The highest BCUT2D eigenvalue weighted by molar-refractivity contribution is 5.27. The number of hydrogen-bond acceptors (Lipinski definition) is 3. The van der Waals surface area contributed by atoms with Crippen LogP contribution in [0.25, 0.3) is 0 Å². The molecule has 1 aromatic carbocycles. The summed E-state index contributed by atoms with van der Waals surface area (Å²) in [6, 6.07) is 5.72. The van der Waals surface area contributed by atoms with Crippen LogP contribution in [0.1, 0.15) is 30.0 Å². The predicted molar refractivity (Wildman–Crippen MR) is 74.8 cm³/mol. The molecule has 1 atom stereocenters. The van der Waals surface area contributed by atoms with Gasteiger partial charge in [-0.05, 0) is 30.5 Å². The van der Waals surface area contributed by atoms with Crippen LogP contribution in [0, 0.1) is 0 Å². The molecule has 1 saturated carbocycles. The van der Waals surface area contributed by atoms with Crippen molar-refractivity contribution < 1.29 is 17.9 Å². The number of hydrogen-bond donors (Lipinski definition) is 1. The maximum Gasteiger partial charge on any atom is 0.416 e. The molecule has 3 nitrogen and oxygen atoms in total. The maximum atomic E-state index is 12.6. The molecule has 1 aliphatic carbocycles. The van der Waals surface area contributed by atoms with Crippen molar-refractivity contribution in [2.45, 2.75) is 31.1 Å². The molecule has 2 N–H and O–H groups in total. The second kappa shape index (κ2) is 6.77. The molecular weight excluding hydrogens is 281 g/mol. The van der Waals surface area contributed by atoms with Crippen LogP contribution < -0.4 is 5.73 Å². The molecule has 0 radical (unpaired) electrons. The van der Waals surface area contributed by atoms with E-state index >= 15 is 0 Å². The molecule has 1 unspecified atom stereocenters. The van der Waals surface area contributed by atoms with E-state index in [9.17, 15) is 13.2 Å². The molecule has 1 aromatic rings. The van der Waals surface area contributed by atoms with E-state index in [1.54, 1.807) is 7.11 Å². The molecule has 0 bridgehead atoms. The fourth-order valence-electron chi connectivity index (χ4n) is 2.55. The van der Waals surface area contributed by atoms with Crippen molar-refractivity contribution in [2.75, 3.05) is 26.8 Å². The molecule has 0 heterocycles. The van der Waals surface area contributed by atoms with Gasteiger partial charge in [0, 0.05) is 32.3 Å². The van der Waals surface area contributed by atoms with Crippen molar-refractivity contribution in [1.29, 1.82) is 0 Å². The molecule has 21 heavy (non-hydrogen) atoms. The monoisotopic (exact) mass is 302 g/mol. The van der Waals surface area contributed by atoms with Crippen LogP contribution in [0.2, 0.25) is 0 Å². The minimum atomic E-state index is -4.30. The Morgan fingerprint density at radius 2 is 1.90 bits per heavy atom. The topological polar surface area (TPSA) is 38.5 Å². The lowest BCUT2D eigenvalue weighted by molar-refractivity contribution is -0.137. The summed E-state index contributed by atoms with van der Waals surface area (Å²) in [5.74, 6) is 0. The van der Waals surface area contributed by atoms with Gasteiger partial charge in [0.25, 0.3) is 0 Å². The van der Waals surface area contributed by atoms with Crippen molar-refractivity contribution in [2.24, 2.45) is 5.73 Å². The van der Waals surface area contributed by atoms with E-state index in [0.717, 1.165) is 37.1 Å². The highest BCUT2D eigenvalue weighted by Crippen LogP contribution is 2.35. The normalized spacial score (nSPS) is 17.2. The first-order valence-corrected chi connectivity index (χ1v) is 7.09. The quantitative estimate of drug-likeness (QED) is 0.842. The first kappa shape index (κ1) is 16.3. The fourth-order valence-corrected chi connectivity index (χ4v) is 2.55. The molecule has 6 heteroatoms. The van der Waals surface area contributed by atoms with Crippen molar-refractivity contribution in [3.05, 3.63) is 35.4 Å². The Morgan fingerprint density at radius 3 is 2.33 bits per heavy atom. The second-order valence-electron chi connectivity index (χ2n) is 5.33. The molecule has 2 rings (SSSR count). The summed E-state index contributed by atoms with van der Waals surface area (Å²) in [4.78, 5) is 2.24. The number of nitrogens with zero attached hydrogens (tertiary/aromatic N) is 1. The van der Waals surface area contributed by atoms with E-state index < -0.39 is 11.7 Å². The van der Waals surface area contributed by atoms with E-state index in [-0.39, 0.29) is 6.04 Å². The third-order valence-electron chi connectivity index (χ3n) is 3.82. The van der Waals surface area contributed by atoms with Gasteiger partial charge in [-0.3, -0.25) is 4.90 Å². The Hall–Kier alpha value is -1.11. The molecule has 0 aromatic heterocycles. The van der Waals surface area contributed by atoms with Crippen molar-refractivity contribution in [3.8, 4) is 0 Å². The zero-order chi connectivity index (χ0) is 15.5. The Labute approximate surface area is 122 Å². The first-order chi connectivity index (χ1) is 9.97. The molecule has 1 fully saturated rings. The summed E-state index contributed by atoms with van der Waals surface area (Å²) in [7, 11) is 1.64. The van der Waals surface area contributed by atoms with Gasteiger partial charge in [0.15, 0.2) is 0 Å². The van der Waals surface area contributed by atoms with Crippen LogP contribution in [0.4, 0.5) is 13.2 Å². The molecule has 0 saturated heterocycles. The molecular formula is C15H21F3N2O. The molecule has 0 spiro atoms. The average Bonchev–Trinajstić information content (AvgIpc) is 3.27. The van der Waals surface area contributed by atoms with Gasteiger partial charge < -0.3 is 10.5 Å². The molecule has 0 aliphatic heterocycles. The lowest BCUT2D eigenvalue weighted by atomic mass is 10.0. The summed E-state index contributed by atoms with van der Waals surface area (Å²) in [5.41, 5.74) is 6.06. The van der Waals surface area contributed by atoms with E-state index in [1.165, 1.54) is 12.1 Å². The van der Waals surface area contributed by atoms with Crippen LogP contribution in [0.5, 0.6) is 0 Å². The lowest BCUT2D eigenvalue weighted by Crippen LogP contribution is -2.37. The van der Waals surface area contributed by atoms with Gasteiger partial charge in [-0.25, -0.2) is 0 Å². The van der Waals surface area contributed by atoms with E-state index in [1.807, 2.05) is 0 Å². The fraction of sp³-hybridized carbons (Fsp3) is 0.600. The zero-order valence-corrected chi connectivity index (χ0v) is 12.1. The summed E-state index contributed by atoms with van der Waals surface area (Å²) in [6.07, 6.45) is -2.08. The first-order valence-electron chi connectivity index (χ1n) is 7.09. The van der Waals surface area contributed by atoms with Gasteiger partial charge in [-0.2, -0.15) is 13.2 Å². The smallest absolute Gasteiger partial charge is 0.383 e. The van der Waals surface area contributed by atoms with Gasteiger partial charge in [-0.15, -0.1) is 0 Å². The van der Waals surface area contributed by atoms with Gasteiger partial charge in [0.05, 0.1) is 12.2 Å². The SMILES string of the molecule is COCCN(C1CC1)C(CN)c1ccc(C(F)(F)F)cc1. The van der Waals surface area contributed by atoms with Crippen LogP contribution in [-0.2, 0) is 10.9 Å². The minimum Gasteiger partial charge on any atom is -0.383 e. The number of methoxy groups -OCH3 is 1. The average molecular weight is 302 g/mol. The van der Waals surface area contributed by atoms with Crippen LogP contribution in [-0.4, -0.2) is 37.7 Å². The van der Waals surface area contributed by atoms with E-state index in [4.69, 9.17) is 10.5 Å². The van der Waals surface area contributed by atoms with Gasteiger partial charge >= 0.3 is 6.18 Å². The van der Waals surface area contributed by atoms with Crippen LogP contribution >= 0.6 is 0 Å². The van der Waals surface area contributed by atoms with Crippen LogP contribution in [0.3, 0.4) is 0 Å². The third kappa shape index (κ3) is 4.18. The number of halogens is 3. The predicted octanol–water partition coefficient (Wildman–Crippen LogP) is 2.82. The molecule has 118 valence electrons. The summed E-state index contributed by atoms with van der Waals surface area (Å²) >= 11 is 0. The lowest BCUT2D eigenvalue weighted by Gasteiger charge is -2.31. The summed E-state index contributed by atoms with van der Waals surface area (Å²) in [5, 5.41) is 0. The number of nitrogens with two attached hydrogens (primary N) is 1. The minimum absolute atomic E-state index is 0.0602. The van der Waals surface area contributed by atoms with Crippen molar-refractivity contribution in [3.63, 3.8) is 0 Å². The number of benzene rings is 1. The van der Waals surface area contributed by atoms with Gasteiger partial charge in [0.2, 0.25) is 0 Å². The number of rotatable bonds is 7. The Bertz CT molecular complexity index is 443. The highest BCUT2D eigenvalue weighted by atomic mass is 19.4. The highest BCUT2D eigenvalue weighted by Gasteiger charge is 2.34. The zero-order valence-electron chi connectivity index (χ0n) is 12.1. The van der Waals surface area contributed by atoms with Gasteiger partial charge in [0.1, 0.15) is 0 Å². The van der Waals surface area contributed by atoms with Crippen molar-refractivity contribution >= 4 is 0 Å². The number of ether oxygens (including phenoxy) is 1. The van der Waals surface area contributed by atoms with Crippen LogP contribution in [0.15, 0.2) is 24.3 Å². The maximum absolute atomic E-state index is 12.6. The Balaban J connectivity index is 2.15. The Kier molecular flexibility index (Phi) is 5.24. The Morgan fingerprint density at radius 1 is 1.29 bits per heavy atom. The summed E-state index contributed by atoms with van der Waals surface area (Å²) < 4.78 is 43.0. The largest absolute Gasteiger partial charge is 0.416 e. The van der Waals surface area contributed by atoms with E-state index in [2.05, 4.69) is 4.90 Å². The summed E-state index contributed by atoms with van der Waals surface area (Å²) in [6.45, 7) is 1.71. The van der Waals surface area contributed by atoms with Crippen molar-refractivity contribution in [1.82, 2.24) is 4.90 Å². The molecule has 1 aliphatic rings. The second-order valence-corrected chi connectivity index (χ2v) is 5.33. The van der Waals surface area contributed by atoms with Gasteiger partial charge in [-0.1, -0.05) is 12.1 Å². The number of alkyl halides is 3. The standard InChI is InChI=1S/C15H21F3N2O/c1-21-9-8-20(13-6-7-13)14(10-19)11-2-4-12(5-3-11)15(16,17)18/h2-5,13-14H,6-10,19H2,1H3. The molecule has 0 amide bonds. The third-order valence-corrected chi connectivity index (χ3v) is 3.82.